The van der Waals surface area contributed by atoms with Crippen LogP contribution >= 0.6 is 23.2 Å². The van der Waals surface area contributed by atoms with Gasteiger partial charge in [-0.25, -0.2) is 13.1 Å². The molecule has 0 fully saturated rings. The Morgan fingerprint density at radius 2 is 1.76 bits per heavy atom. The number of sulfonamides is 1. The molecule has 0 unspecified atom stereocenters. The molecule has 2 aromatic carbocycles. The Morgan fingerprint density at radius 3 is 2.36 bits per heavy atom. The summed E-state index contributed by atoms with van der Waals surface area (Å²) < 4.78 is 25.7. The predicted octanol–water partition coefficient (Wildman–Crippen LogP) is 3.92. The third-order valence-electron chi connectivity index (χ3n) is 3.56. The number of anilines is 1. The van der Waals surface area contributed by atoms with Crippen molar-refractivity contribution in [1.29, 1.82) is 0 Å². The van der Waals surface area contributed by atoms with Crippen molar-refractivity contribution in [3.8, 4) is 0 Å². The Kier molecular flexibility index (Phi) is 6.46. The fraction of sp³-hybridized carbons (Fsp3) is 0.235. The number of carbonyl (C=O) groups excluding carboxylic acids is 1. The summed E-state index contributed by atoms with van der Waals surface area (Å²) in [6, 6.07) is 11.2. The van der Waals surface area contributed by atoms with E-state index in [1.54, 1.807) is 49.4 Å². The molecule has 8 heteroatoms. The summed E-state index contributed by atoms with van der Waals surface area (Å²) in [5, 5.41) is 3.84. The molecule has 0 aliphatic rings. The Balaban J connectivity index is 2.19. The molecule has 1 amide bonds. The number of rotatable bonds is 6. The van der Waals surface area contributed by atoms with Gasteiger partial charge < -0.3 is 5.32 Å². The van der Waals surface area contributed by atoms with Gasteiger partial charge in [-0.05, 0) is 42.3 Å². The average molecular weight is 401 g/mol. The molecule has 2 N–H and O–H groups in total. The molecule has 2 aromatic rings. The van der Waals surface area contributed by atoms with Crippen molar-refractivity contribution in [2.75, 3.05) is 11.6 Å². The Bertz CT molecular complexity index is 868. The number of carbonyl (C=O) groups is 1. The van der Waals surface area contributed by atoms with Gasteiger partial charge in [-0.3, -0.25) is 4.79 Å². The van der Waals surface area contributed by atoms with E-state index < -0.39 is 16.1 Å². The lowest BCUT2D eigenvalue weighted by atomic mass is 10.0. The molecular formula is C17H18Cl2N2O3S. The molecule has 1 atom stereocenters. The van der Waals surface area contributed by atoms with Gasteiger partial charge in [-0.2, -0.15) is 0 Å². The highest BCUT2D eigenvalue weighted by Crippen LogP contribution is 2.25. The summed E-state index contributed by atoms with van der Waals surface area (Å²) in [5.41, 5.74) is 1.98. The van der Waals surface area contributed by atoms with Gasteiger partial charge in [0.2, 0.25) is 15.9 Å². The third kappa shape index (κ3) is 6.01. The van der Waals surface area contributed by atoms with Crippen molar-refractivity contribution in [3.63, 3.8) is 0 Å². The van der Waals surface area contributed by atoms with Crippen LogP contribution in [0.2, 0.25) is 10.0 Å². The highest BCUT2D eigenvalue weighted by molar-refractivity contribution is 7.88. The minimum Gasteiger partial charge on any atom is -0.326 e. The molecule has 0 radical (unpaired) electrons. The molecule has 0 aromatic heterocycles. The first kappa shape index (κ1) is 19.7. The van der Waals surface area contributed by atoms with Gasteiger partial charge in [-0.15, -0.1) is 0 Å². The molecule has 0 bridgehead atoms. The van der Waals surface area contributed by atoms with Gasteiger partial charge in [0.25, 0.3) is 0 Å². The molecule has 25 heavy (non-hydrogen) atoms. The third-order valence-corrected chi connectivity index (χ3v) is 4.93. The molecule has 0 saturated carbocycles. The zero-order chi connectivity index (χ0) is 18.6. The van der Waals surface area contributed by atoms with Crippen molar-refractivity contribution in [1.82, 2.24) is 4.72 Å². The zero-order valence-electron chi connectivity index (χ0n) is 13.7. The molecule has 134 valence electrons. The Morgan fingerprint density at radius 1 is 1.12 bits per heavy atom. The lowest BCUT2D eigenvalue weighted by Gasteiger charge is -2.18. The fourth-order valence-corrected chi connectivity index (χ4v) is 3.35. The lowest BCUT2D eigenvalue weighted by molar-refractivity contribution is -0.116. The van der Waals surface area contributed by atoms with Crippen molar-refractivity contribution < 1.29 is 13.2 Å². The van der Waals surface area contributed by atoms with E-state index in [4.69, 9.17) is 23.2 Å². The highest BCUT2D eigenvalue weighted by Gasteiger charge is 2.20. The Labute approximate surface area is 157 Å². The largest absolute Gasteiger partial charge is 0.326 e. The second-order valence-corrected chi connectivity index (χ2v) is 8.28. The minimum absolute atomic E-state index is 0.0688. The average Bonchev–Trinajstić information content (AvgIpc) is 2.50. The molecule has 0 aliphatic heterocycles. The summed E-state index contributed by atoms with van der Waals surface area (Å²) >= 11 is 11.9. The number of benzene rings is 2. The molecule has 2 rings (SSSR count). The van der Waals surface area contributed by atoms with E-state index in [0.29, 0.717) is 21.3 Å². The van der Waals surface area contributed by atoms with Crippen LogP contribution in [0.4, 0.5) is 5.69 Å². The van der Waals surface area contributed by atoms with E-state index in [1.165, 1.54) is 0 Å². The van der Waals surface area contributed by atoms with Crippen LogP contribution in [0.5, 0.6) is 0 Å². The molecule has 5 nitrogen and oxygen atoms in total. The summed E-state index contributed by atoms with van der Waals surface area (Å²) in [4.78, 5) is 12.4. The number of halogens is 2. The maximum absolute atomic E-state index is 12.4. The quantitative estimate of drug-likeness (QED) is 0.771. The maximum Gasteiger partial charge on any atom is 0.226 e. The van der Waals surface area contributed by atoms with Crippen molar-refractivity contribution in [3.05, 3.63) is 63.6 Å². The second kappa shape index (κ2) is 8.19. The Hall–Kier alpha value is -1.60. The smallest absolute Gasteiger partial charge is 0.226 e. The van der Waals surface area contributed by atoms with Crippen molar-refractivity contribution in [2.24, 2.45) is 0 Å². The van der Waals surface area contributed by atoms with E-state index in [1.807, 2.05) is 0 Å². The molecule has 0 aliphatic carbocycles. The van der Waals surface area contributed by atoms with Crippen molar-refractivity contribution in [2.45, 2.75) is 19.4 Å². The minimum atomic E-state index is -3.50. The fourth-order valence-electron chi connectivity index (χ4n) is 2.31. The highest BCUT2D eigenvalue weighted by atomic mass is 35.5. The predicted molar refractivity (Wildman–Crippen MR) is 102 cm³/mol. The molecule has 0 spiro atoms. The van der Waals surface area contributed by atoms with E-state index in [-0.39, 0.29) is 12.3 Å². The van der Waals surface area contributed by atoms with Crippen molar-refractivity contribution >= 4 is 44.8 Å². The molecule has 0 heterocycles. The van der Waals surface area contributed by atoms with Crippen LogP contribution in [0.1, 0.15) is 23.6 Å². The maximum atomic E-state index is 12.4. The van der Waals surface area contributed by atoms with Gasteiger partial charge in [0.05, 0.1) is 12.3 Å². The van der Waals surface area contributed by atoms with Crippen LogP contribution in [0.15, 0.2) is 42.5 Å². The first-order valence-electron chi connectivity index (χ1n) is 7.43. The summed E-state index contributed by atoms with van der Waals surface area (Å²) in [7, 11) is -3.50. The van der Waals surface area contributed by atoms with Gasteiger partial charge >= 0.3 is 0 Å². The lowest BCUT2D eigenvalue weighted by Crippen LogP contribution is -2.30. The van der Waals surface area contributed by atoms with E-state index in [2.05, 4.69) is 10.0 Å². The summed E-state index contributed by atoms with van der Waals surface area (Å²) in [5.74, 6) is -0.332. The van der Waals surface area contributed by atoms with Gasteiger partial charge in [-0.1, -0.05) is 41.4 Å². The van der Waals surface area contributed by atoms with E-state index in [9.17, 15) is 13.2 Å². The SMILES string of the molecule is Cc1c(Cl)cccc1NC(=O)C[C@H](NS(C)(=O)=O)c1ccc(Cl)cc1. The number of nitrogens with one attached hydrogen (secondary N) is 2. The van der Waals surface area contributed by atoms with E-state index >= 15 is 0 Å². The number of hydrogen-bond donors (Lipinski definition) is 2. The van der Waals surface area contributed by atoms with Gasteiger partial charge in [0.15, 0.2) is 0 Å². The second-order valence-electron chi connectivity index (χ2n) is 5.66. The van der Waals surface area contributed by atoms with Gasteiger partial charge in [0.1, 0.15) is 0 Å². The number of amides is 1. The molecule has 0 saturated heterocycles. The van der Waals surface area contributed by atoms with Crippen LogP contribution < -0.4 is 10.0 Å². The zero-order valence-corrected chi connectivity index (χ0v) is 16.0. The number of hydrogen-bond acceptors (Lipinski definition) is 3. The van der Waals surface area contributed by atoms with E-state index in [0.717, 1.165) is 11.8 Å². The first-order valence-corrected chi connectivity index (χ1v) is 10.1. The van der Waals surface area contributed by atoms with Crippen LogP contribution in [0.3, 0.4) is 0 Å². The monoisotopic (exact) mass is 400 g/mol. The molecular weight excluding hydrogens is 383 g/mol. The normalized spacial score (nSPS) is 12.6. The summed E-state index contributed by atoms with van der Waals surface area (Å²) in [6.07, 6.45) is 0.982. The first-order chi connectivity index (χ1) is 11.7. The standard InChI is InChI=1S/C17H18Cl2N2O3S/c1-11-14(19)4-3-5-15(11)20-17(22)10-16(21-25(2,23)24)12-6-8-13(18)9-7-12/h3-9,16,21H,10H2,1-2H3,(H,20,22)/t16-/m0/s1. The van der Waals surface area contributed by atoms with Crippen LogP contribution in [-0.2, 0) is 14.8 Å². The van der Waals surface area contributed by atoms with Crippen LogP contribution in [-0.4, -0.2) is 20.6 Å². The van der Waals surface area contributed by atoms with Crippen LogP contribution in [0, 0.1) is 6.92 Å². The van der Waals surface area contributed by atoms with Crippen LogP contribution in [0.25, 0.3) is 0 Å². The topological polar surface area (TPSA) is 75.3 Å². The summed E-state index contributed by atoms with van der Waals surface area (Å²) in [6.45, 7) is 1.80. The van der Waals surface area contributed by atoms with Gasteiger partial charge in [0, 0.05) is 22.2 Å².